The molecule has 0 spiro atoms. The molecule has 1 unspecified atom stereocenters. The average molecular weight is 217 g/mol. The Morgan fingerprint density at radius 3 is 2.75 bits per heavy atom. The highest BCUT2D eigenvalue weighted by Gasteiger charge is 2.25. The molecule has 2 aliphatic carbocycles. The molecule has 16 heavy (non-hydrogen) atoms. The van der Waals surface area contributed by atoms with Gasteiger partial charge in [0.2, 0.25) is 0 Å². The van der Waals surface area contributed by atoms with Crippen LogP contribution >= 0.6 is 0 Å². The molecule has 86 valence electrons. The first kappa shape index (κ1) is 10.2. The maximum absolute atomic E-state index is 6.20. The molecule has 0 saturated heterocycles. The van der Waals surface area contributed by atoms with E-state index >= 15 is 0 Å². The standard InChI is InChI=1S/C14H19NO/c15-14(8-10-4-5-10)11-2-1-3-13(9-11)16-12-6-7-12/h1-3,9-10,12,14H,4-8,15H2. The first-order valence-corrected chi connectivity index (χ1v) is 6.33. The fourth-order valence-corrected chi connectivity index (χ4v) is 2.05. The van der Waals surface area contributed by atoms with Crippen LogP contribution in [0.4, 0.5) is 0 Å². The number of benzene rings is 1. The lowest BCUT2D eigenvalue weighted by atomic mass is 10.0. The molecule has 0 aromatic heterocycles. The molecule has 2 saturated carbocycles. The summed E-state index contributed by atoms with van der Waals surface area (Å²) in [5.41, 5.74) is 7.42. The van der Waals surface area contributed by atoms with Crippen molar-refractivity contribution in [1.29, 1.82) is 0 Å². The van der Waals surface area contributed by atoms with E-state index in [9.17, 15) is 0 Å². The lowest BCUT2D eigenvalue weighted by molar-refractivity contribution is 0.302. The normalized spacial score (nSPS) is 21.8. The highest BCUT2D eigenvalue weighted by molar-refractivity contribution is 5.31. The summed E-state index contributed by atoms with van der Waals surface area (Å²) in [6.45, 7) is 0. The van der Waals surface area contributed by atoms with Crippen molar-refractivity contribution in [3.63, 3.8) is 0 Å². The van der Waals surface area contributed by atoms with Gasteiger partial charge in [0.1, 0.15) is 5.75 Å². The van der Waals surface area contributed by atoms with Gasteiger partial charge in [0.05, 0.1) is 6.10 Å². The first-order chi connectivity index (χ1) is 7.81. The van der Waals surface area contributed by atoms with E-state index in [0.717, 1.165) is 18.1 Å². The molecule has 0 heterocycles. The van der Waals surface area contributed by atoms with Crippen LogP contribution in [0.5, 0.6) is 5.75 Å². The zero-order valence-corrected chi connectivity index (χ0v) is 9.56. The summed E-state index contributed by atoms with van der Waals surface area (Å²) in [5, 5.41) is 0. The first-order valence-electron chi connectivity index (χ1n) is 6.33. The van der Waals surface area contributed by atoms with Gasteiger partial charge in [0, 0.05) is 6.04 Å². The van der Waals surface area contributed by atoms with E-state index in [1.54, 1.807) is 0 Å². The molecule has 2 nitrogen and oxygen atoms in total. The Hall–Kier alpha value is -1.02. The minimum Gasteiger partial charge on any atom is -0.490 e. The highest BCUT2D eigenvalue weighted by atomic mass is 16.5. The summed E-state index contributed by atoms with van der Waals surface area (Å²) in [5.74, 6) is 1.87. The second-order valence-corrected chi connectivity index (χ2v) is 5.18. The fourth-order valence-electron chi connectivity index (χ4n) is 2.05. The predicted octanol–water partition coefficient (Wildman–Crippen LogP) is 3.03. The van der Waals surface area contributed by atoms with E-state index in [1.807, 2.05) is 6.07 Å². The van der Waals surface area contributed by atoms with E-state index in [0.29, 0.717) is 6.10 Å². The smallest absolute Gasteiger partial charge is 0.120 e. The molecule has 2 N–H and O–H groups in total. The van der Waals surface area contributed by atoms with E-state index in [2.05, 4.69) is 18.2 Å². The predicted molar refractivity (Wildman–Crippen MR) is 64.4 cm³/mol. The molecular weight excluding hydrogens is 198 g/mol. The number of hydrogen-bond donors (Lipinski definition) is 1. The van der Waals surface area contributed by atoms with Crippen molar-refractivity contribution < 1.29 is 4.74 Å². The topological polar surface area (TPSA) is 35.2 Å². The van der Waals surface area contributed by atoms with Crippen molar-refractivity contribution in [3.8, 4) is 5.75 Å². The Kier molecular flexibility index (Phi) is 2.60. The Morgan fingerprint density at radius 1 is 1.25 bits per heavy atom. The molecular formula is C14H19NO. The number of nitrogens with two attached hydrogens (primary N) is 1. The summed E-state index contributed by atoms with van der Waals surface area (Å²) in [4.78, 5) is 0. The Balaban J connectivity index is 1.66. The second kappa shape index (κ2) is 4.10. The van der Waals surface area contributed by atoms with Crippen LogP contribution in [-0.4, -0.2) is 6.10 Å². The third-order valence-corrected chi connectivity index (χ3v) is 3.40. The van der Waals surface area contributed by atoms with Crippen LogP contribution in [0.25, 0.3) is 0 Å². The second-order valence-electron chi connectivity index (χ2n) is 5.18. The molecule has 3 rings (SSSR count). The van der Waals surface area contributed by atoms with Gasteiger partial charge < -0.3 is 10.5 Å². The minimum atomic E-state index is 0.190. The van der Waals surface area contributed by atoms with Crippen LogP contribution in [0.2, 0.25) is 0 Å². The molecule has 2 heteroatoms. The van der Waals surface area contributed by atoms with Gasteiger partial charge in [-0.25, -0.2) is 0 Å². The van der Waals surface area contributed by atoms with E-state index < -0.39 is 0 Å². The fraction of sp³-hybridized carbons (Fsp3) is 0.571. The maximum atomic E-state index is 6.20. The van der Waals surface area contributed by atoms with Crippen LogP contribution < -0.4 is 10.5 Å². The lowest BCUT2D eigenvalue weighted by Gasteiger charge is -2.13. The molecule has 0 amide bonds. The largest absolute Gasteiger partial charge is 0.490 e. The van der Waals surface area contributed by atoms with E-state index in [4.69, 9.17) is 10.5 Å². The molecule has 0 bridgehead atoms. The van der Waals surface area contributed by atoms with Crippen molar-refractivity contribution in [2.24, 2.45) is 11.7 Å². The lowest BCUT2D eigenvalue weighted by Crippen LogP contribution is -2.11. The zero-order chi connectivity index (χ0) is 11.0. The third kappa shape index (κ3) is 2.56. The van der Waals surface area contributed by atoms with Gasteiger partial charge in [0.15, 0.2) is 0 Å². The Morgan fingerprint density at radius 2 is 2.06 bits per heavy atom. The van der Waals surface area contributed by atoms with Gasteiger partial charge in [-0.2, -0.15) is 0 Å². The molecule has 0 radical (unpaired) electrons. The number of hydrogen-bond acceptors (Lipinski definition) is 2. The third-order valence-electron chi connectivity index (χ3n) is 3.40. The Labute approximate surface area is 96.8 Å². The number of ether oxygens (including phenoxy) is 1. The van der Waals surface area contributed by atoms with Crippen molar-refractivity contribution in [2.45, 2.75) is 44.2 Å². The van der Waals surface area contributed by atoms with E-state index in [1.165, 1.54) is 31.2 Å². The van der Waals surface area contributed by atoms with Crippen molar-refractivity contribution in [1.82, 2.24) is 0 Å². The van der Waals surface area contributed by atoms with Gasteiger partial charge >= 0.3 is 0 Å². The summed E-state index contributed by atoms with van der Waals surface area (Å²) in [6, 6.07) is 8.51. The molecule has 1 aromatic rings. The van der Waals surface area contributed by atoms with Crippen LogP contribution in [0, 0.1) is 5.92 Å². The van der Waals surface area contributed by atoms with Gasteiger partial charge in [0.25, 0.3) is 0 Å². The van der Waals surface area contributed by atoms with Crippen LogP contribution in [-0.2, 0) is 0 Å². The van der Waals surface area contributed by atoms with Crippen molar-refractivity contribution >= 4 is 0 Å². The van der Waals surface area contributed by atoms with Gasteiger partial charge in [-0.3, -0.25) is 0 Å². The van der Waals surface area contributed by atoms with Gasteiger partial charge in [-0.05, 0) is 42.9 Å². The van der Waals surface area contributed by atoms with E-state index in [-0.39, 0.29) is 6.04 Å². The minimum absolute atomic E-state index is 0.190. The number of rotatable bonds is 5. The monoisotopic (exact) mass is 217 g/mol. The van der Waals surface area contributed by atoms with Gasteiger partial charge in [-0.1, -0.05) is 25.0 Å². The van der Waals surface area contributed by atoms with Crippen molar-refractivity contribution in [3.05, 3.63) is 29.8 Å². The SMILES string of the molecule is NC(CC1CC1)c1cccc(OC2CC2)c1. The molecule has 0 aliphatic heterocycles. The zero-order valence-electron chi connectivity index (χ0n) is 9.56. The molecule has 1 aromatic carbocycles. The molecule has 2 fully saturated rings. The van der Waals surface area contributed by atoms with Crippen LogP contribution in [0.3, 0.4) is 0 Å². The summed E-state index contributed by atoms with van der Waals surface area (Å²) in [7, 11) is 0. The van der Waals surface area contributed by atoms with Crippen molar-refractivity contribution in [2.75, 3.05) is 0 Å². The Bertz CT molecular complexity index is 369. The summed E-state index contributed by atoms with van der Waals surface area (Å²) in [6.07, 6.45) is 6.75. The van der Waals surface area contributed by atoms with Gasteiger partial charge in [-0.15, -0.1) is 0 Å². The molecule has 2 aliphatic rings. The quantitative estimate of drug-likeness (QED) is 0.822. The maximum Gasteiger partial charge on any atom is 0.120 e. The van der Waals surface area contributed by atoms with Crippen LogP contribution in [0.15, 0.2) is 24.3 Å². The summed E-state index contributed by atoms with van der Waals surface area (Å²) >= 11 is 0. The molecule has 1 atom stereocenters. The highest BCUT2D eigenvalue weighted by Crippen LogP contribution is 2.37. The summed E-state index contributed by atoms with van der Waals surface area (Å²) < 4.78 is 5.78. The average Bonchev–Trinajstić information content (AvgIpc) is 3.14. The van der Waals surface area contributed by atoms with Crippen LogP contribution in [0.1, 0.15) is 43.7 Å².